The van der Waals surface area contributed by atoms with Crippen LogP contribution in [0, 0.1) is 5.92 Å². The highest BCUT2D eigenvalue weighted by atomic mass is 32.2. The molecule has 0 fully saturated rings. The van der Waals surface area contributed by atoms with E-state index in [4.69, 9.17) is 5.11 Å². The Morgan fingerprint density at radius 1 is 1.46 bits per heavy atom. The molecule has 1 N–H and O–H groups in total. The van der Waals surface area contributed by atoms with Crippen LogP contribution in [0.2, 0.25) is 0 Å². The Morgan fingerprint density at radius 3 is 2.38 bits per heavy atom. The zero-order chi connectivity index (χ0) is 10.5. The molecular formula is C10H20O2S. The molecule has 0 aliphatic carbocycles. The van der Waals surface area contributed by atoms with Crippen molar-refractivity contribution in [2.24, 2.45) is 5.92 Å². The van der Waals surface area contributed by atoms with Crippen LogP contribution in [-0.2, 0) is 4.79 Å². The Bertz CT molecular complexity index is 164. The van der Waals surface area contributed by atoms with E-state index in [1.807, 2.05) is 0 Å². The van der Waals surface area contributed by atoms with Crippen LogP contribution in [0.3, 0.4) is 0 Å². The van der Waals surface area contributed by atoms with Gasteiger partial charge < -0.3 is 5.11 Å². The Labute approximate surface area is 85.1 Å². The molecule has 0 aromatic carbocycles. The lowest BCUT2D eigenvalue weighted by Gasteiger charge is -2.18. The maximum absolute atomic E-state index is 10.7. The van der Waals surface area contributed by atoms with Crippen LogP contribution in [-0.4, -0.2) is 21.6 Å². The molecule has 0 saturated carbocycles. The van der Waals surface area contributed by atoms with Gasteiger partial charge in [0.15, 0.2) is 0 Å². The second-order valence-electron chi connectivity index (χ2n) is 4.20. The Balaban J connectivity index is 3.58. The van der Waals surface area contributed by atoms with Gasteiger partial charge >= 0.3 is 5.97 Å². The molecule has 0 aliphatic rings. The summed E-state index contributed by atoms with van der Waals surface area (Å²) in [4.78, 5) is 10.7. The Kier molecular flexibility index (Phi) is 5.45. The summed E-state index contributed by atoms with van der Waals surface area (Å²) in [6, 6.07) is 0. The zero-order valence-electron chi connectivity index (χ0n) is 8.96. The van der Waals surface area contributed by atoms with E-state index in [0.717, 1.165) is 12.2 Å². The largest absolute Gasteiger partial charge is 0.480 e. The first kappa shape index (κ1) is 12.8. The van der Waals surface area contributed by atoms with E-state index in [9.17, 15) is 4.79 Å². The summed E-state index contributed by atoms with van der Waals surface area (Å²) in [6.07, 6.45) is 2.29. The average molecular weight is 204 g/mol. The van der Waals surface area contributed by atoms with Crippen molar-refractivity contribution < 1.29 is 9.90 Å². The molecule has 0 saturated heterocycles. The second-order valence-corrected chi connectivity index (χ2v) is 5.92. The van der Waals surface area contributed by atoms with Crippen molar-refractivity contribution in [3.8, 4) is 0 Å². The summed E-state index contributed by atoms with van der Waals surface area (Å²) < 4.78 is -0.628. The number of carboxylic acid groups (broad SMARTS) is 1. The molecule has 0 heterocycles. The zero-order valence-corrected chi connectivity index (χ0v) is 9.78. The average Bonchev–Trinajstić information content (AvgIpc) is 1.97. The van der Waals surface area contributed by atoms with Crippen molar-refractivity contribution in [3.63, 3.8) is 0 Å². The topological polar surface area (TPSA) is 37.3 Å². The Morgan fingerprint density at radius 2 is 2.00 bits per heavy atom. The molecule has 2 nitrogen and oxygen atoms in total. The van der Waals surface area contributed by atoms with E-state index in [-0.39, 0.29) is 0 Å². The molecular weight excluding hydrogens is 184 g/mol. The van der Waals surface area contributed by atoms with E-state index in [1.165, 1.54) is 18.2 Å². The van der Waals surface area contributed by atoms with Crippen LogP contribution in [0.15, 0.2) is 0 Å². The van der Waals surface area contributed by atoms with Gasteiger partial charge in [-0.25, -0.2) is 0 Å². The first-order chi connectivity index (χ1) is 5.86. The van der Waals surface area contributed by atoms with Gasteiger partial charge in [-0.3, -0.25) is 4.79 Å². The molecule has 0 aliphatic heterocycles. The number of aliphatic carboxylic acids is 1. The highest BCUT2D eigenvalue weighted by Gasteiger charge is 2.26. The third-order valence-corrected chi connectivity index (χ3v) is 3.29. The summed E-state index contributed by atoms with van der Waals surface area (Å²) in [5, 5.41) is 8.83. The maximum atomic E-state index is 10.7. The standard InChI is InChI=1S/C10H20O2S/c1-8(2)6-5-7-13-10(3,4)9(11)12/h8H,5-7H2,1-4H3,(H,11,12). The first-order valence-electron chi connectivity index (χ1n) is 4.73. The van der Waals surface area contributed by atoms with E-state index in [0.29, 0.717) is 5.92 Å². The summed E-state index contributed by atoms with van der Waals surface area (Å²) >= 11 is 1.53. The fourth-order valence-corrected chi connectivity index (χ4v) is 1.83. The highest BCUT2D eigenvalue weighted by Crippen LogP contribution is 2.25. The quantitative estimate of drug-likeness (QED) is 0.676. The van der Waals surface area contributed by atoms with Gasteiger partial charge in [-0.15, -0.1) is 11.8 Å². The minimum Gasteiger partial charge on any atom is -0.480 e. The molecule has 0 aromatic heterocycles. The second kappa shape index (κ2) is 5.53. The van der Waals surface area contributed by atoms with Crippen LogP contribution in [0.25, 0.3) is 0 Å². The summed E-state index contributed by atoms with van der Waals surface area (Å²) in [6.45, 7) is 7.89. The predicted molar refractivity (Wildman–Crippen MR) is 58.2 cm³/mol. The van der Waals surface area contributed by atoms with E-state index >= 15 is 0 Å². The smallest absolute Gasteiger partial charge is 0.319 e. The number of carboxylic acids is 1. The van der Waals surface area contributed by atoms with Crippen molar-refractivity contribution in [1.82, 2.24) is 0 Å². The predicted octanol–water partition coefficient (Wildman–Crippen LogP) is 3.02. The lowest BCUT2D eigenvalue weighted by molar-refractivity contribution is -0.138. The normalized spacial score (nSPS) is 12.1. The molecule has 13 heavy (non-hydrogen) atoms. The molecule has 78 valence electrons. The number of hydrogen-bond acceptors (Lipinski definition) is 2. The van der Waals surface area contributed by atoms with Crippen molar-refractivity contribution >= 4 is 17.7 Å². The molecule has 0 spiro atoms. The first-order valence-corrected chi connectivity index (χ1v) is 5.72. The number of hydrogen-bond donors (Lipinski definition) is 1. The van der Waals surface area contributed by atoms with Gasteiger partial charge in [0.25, 0.3) is 0 Å². The molecule has 0 aromatic rings. The third-order valence-electron chi connectivity index (χ3n) is 1.90. The van der Waals surface area contributed by atoms with Crippen LogP contribution in [0.5, 0.6) is 0 Å². The molecule has 0 unspecified atom stereocenters. The summed E-state index contributed by atoms with van der Waals surface area (Å²) in [7, 11) is 0. The van der Waals surface area contributed by atoms with E-state index in [1.54, 1.807) is 13.8 Å². The fraction of sp³-hybridized carbons (Fsp3) is 0.900. The number of thioether (sulfide) groups is 1. The van der Waals surface area contributed by atoms with Crippen LogP contribution >= 0.6 is 11.8 Å². The highest BCUT2D eigenvalue weighted by molar-refractivity contribution is 8.01. The van der Waals surface area contributed by atoms with Gasteiger partial charge in [0, 0.05) is 0 Å². The number of carbonyl (C=O) groups is 1. The lowest BCUT2D eigenvalue weighted by atomic mass is 10.1. The van der Waals surface area contributed by atoms with Crippen LogP contribution in [0.1, 0.15) is 40.5 Å². The Hall–Kier alpha value is -0.180. The summed E-state index contributed by atoms with van der Waals surface area (Å²) in [5.41, 5.74) is 0. The van der Waals surface area contributed by atoms with E-state index in [2.05, 4.69) is 13.8 Å². The molecule has 0 atom stereocenters. The van der Waals surface area contributed by atoms with Gasteiger partial charge in [-0.05, 0) is 31.9 Å². The van der Waals surface area contributed by atoms with Crippen molar-refractivity contribution in [2.45, 2.75) is 45.3 Å². The molecule has 0 radical (unpaired) electrons. The van der Waals surface area contributed by atoms with Gasteiger partial charge in [0.1, 0.15) is 4.75 Å². The van der Waals surface area contributed by atoms with Crippen molar-refractivity contribution in [1.29, 1.82) is 0 Å². The minimum absolute atomic E-state index is 0.628. The van der Waals surface area contributed by atoms with Gasteiger partial charge in [-0.1, -0.05) is 20.3 Å². The summed E-state index contributed by atoms with van der Waals surface area (Å²) in [5.74, 6) is 0.938. The van der Waals surface area contributed by atoms with Gasteiger partial charge in [0.2, 0.25) is 0 Å². The molecule has 0 bridgehead atoms. The van der Waals surface area contributed by atoms with Crippen molar-refractivity contribution in [3.05, 3.63) is 0 Å². The van der Waals surface area contributed by atoms with Gasteiger partial charge in [-0.2, -0.15) is 0 Å². The van der Waals surface area contributed by atoms with E-state index < -0.39 is 10.7 Å². The molecule has 3 heteroatoms. The molecule has 0 amide bonds. The minimum atomic E-state index is -0.720. The van der Waals surface area contributed by atoms with Crippen LogP contribution < -0.4 is 0 Å². The van der Waals surface area contributed by atoms with Gasteiger partial charge in [0.05, 0.1) is 0 Å². The number of rotatable bonds is 6. The SMILES string of the molecule is CC(C)CCCSC(C)(C)C(=O)O. The lowest BCUT2D eigenvalue weighted by Crippen LogP contribution is -2.27. The fourth-order valence-electron chi connectivity index (χ4n) is 0.881. The maximum Gasteiger partial charge on any atom is 0.319 e. The van der Waals surface area contributed by atoms with Crippen molar-refractivity contribution in [2.75, 3.05) is 5.75 Å². The van der Waals surface area contributed by atoms with Crippen LogP contribution in [0.4, 0.5) is 0 Å². The molecule has 0 rings (SSSR count). The monoisotopic (exact) mass is 204 g/mol. The third kappa shape index (κ3) is 5.97.